The number of likely N-dealkylation sites (tertiary alicyclic amines) is 4. The number of aromatic nitrogens is 1. The molecule has 1 aromatic rings. The molecule has 31 heavy (non-hydrogen) atoms. The van der Waals surface area contributed by atoms with E-state index in [2.05, 4.69) is 27.8 Å². The lowest BCUT2D eigenvalue weighted by Crippen LogP contribution is -2.55. The number of rotatable bonds is 3. The van der Waals surface area contributed by atoms with Crippen LogP contribution in [0.3, 0.4) is 0 Å². The molecular weight excluding hydrogens is 390 g/mol. The minimum atomic E-state index is -0.298. The van der Waals surface area contributed by atoms with Crippen LogP contribution >= 0.6 is 0 Å². The van der Waals surface area contributed by atoms with Crippen molar-refractivity contribution in [3.05, 3.63) is 30.1 Å². The molecule has 5 rings (SSSR count). The van der Waals surface area contributed by atoms with Gasteiger partial charge in [-0.3, -0.25) is 14.7 Å². The molecule has 1 atom stereocenters. The Balaban J connectivity index is 1.36. The molecular formula is C24H35N5O2. The van der Waals surface area contributed by atoms with Crippen LogP contribution in [0.1, 0.15) is 44.6 Å². The van der Waals surface area contributed by atoms with Crippen molar-refractivity contribution in [1.82, 2.24) is 24.6 Å². The van der Waals surface area contributed by atoms with Crippen LogP contribution in [0.4, 0.5) is 4.79 Å². The minimum absolute atomic E-state index is 0.0298. The maximum Gasteiger partial charge on any atom is 0.319 e. The number of urea groups is 1. The largest absolute Gasteiger partial charge is 0.342 e. The third-order valence-corrected chi connectivity index (χ3v) is 8.42. The summed E-state index contributed by atoms with van der Waals surface area (Å²) in [6.07, 6.45) is 8.80. The van der Waals surface area contributed by atoms with Crippen LogP contribution < -0.4 is 0 Å². The molecule has 0 bridgehead atoms. The van der Waals surface area contributed by atoms with Crippen LogP contribution in [0.25, 0.3) is 0 Å². The zero-order valence-corrected chi connectivity index (χ0v) is 18.8. The minimum Gasteiger partial charge on any atom is -0.342 e. The highest BCUT2D eigenvalue weighted by Crippen LogP contribution is 2.58. The summed E-state index contributed by atoms with van der Waals surface area (Å²) in [7, 11) is 0. The summed E-state index contributed by atoms with van der Waals surface area (Å²) in [5.74, 6) is 0.350. The lowest BCUT2D eigenvalue weighted by molar-refractivity contribution is -0.141. The van der Waals surface area contributed by atoms with Crippen molar-refractivity contribution in [1.29, 1.82) is 0 Å². The van der Waals surface area contributed by atoms with Crippen LogP contribution in [-0.4, -0.2) is 88.9 Å². The van der Waals surface area contributed by atoms with Crippen LogP contribution in [0.2, 0.25) is 0 Å². The Morgan fingerprint density at radius 1 is 1.03 bits per heavy atom. The SMILES string of the molecule is CCN1CC[C@@]2(CN(Cc3cccnc3)CC23CCN(C(=O)N2CCCC2)CC3)C1=O. The van der Waals surface area contributed by atoms with Crippen LogP contribution in [0.15, 0.2) is 24.5 Å². The molecule has 4 aliphatic heterocycles. The number of nitrogens with zero attached hydrogens (tertiary/aromatic N) is 5. The van der Waals surface area contributed by atoms with Gasteiger partial charge in [0.2, 0.25) is 5.91 Å². The molecule has 3 amide bonds. The predicted molar refractivity (Wildman–Crippen MR) is 118 cm³/mol. The second-order valence-corrected chi connectivity index (χ2v) is 9.97. The van der Waals surface area contributed by atoms with E-state index in [1.54, 1.807) is 0 Å². The molecule has 168 valence electrons. The lowest BCUT2D eigenvalue weighted by Gasteiger charge is -2.47. The van der Waals surface area contributed by atoms with E-state index in [1.807, 2.05) is 28.3 Å². The zero-order chi connectivity index (χ0) is 21.5. The van der Waals surface area contributed by atoms with Gasteiger partial charge in [-0.15, -0.1) is 0 Å². The van der Waals surface area contributed by atoms with Gasteiger partial charge in [0.05, 0.1) is 5.41 Å². The first kappa shape index (κ1) is 20.7. The van der Waals surface area contributed by atoms with E-state index in [0.29, 0.717) is 5.91 Å². The van der Waals surface area contributed by atoms with Crippen molar-refractivity contribution >= 4 is 11.9 Å². The van der Waals surface area contributed by atoms with E-state index >= 15 is 0 Å². The Morgan fingerprint density at radius 2 is 1.77 bits per heavy atom. The Morgan fingerprint density at radius 3 is 2.42 bits per heavy atom. The number of carbonyl (C=O) groups excluding carboxylic acids is 2. The second kappa shape index (κ2) is 8.08. The number of hydrogen-bond acceptors (Lipinski definition) is 4. The van der Waals surface area contributed by atoms with Crippen molar-refractivity contribution in [3.63, 3.8) is 0 Å². The van der Waals surface area contributed by atoms with Crippen molar-refractivity contribution in [2.75, 3.05) is 52.4 Å². The van der Waals surface area contributed by atoms with Crippen LogP contribution in [0, 0.1) is 10.8 Å². The molecule has 1 aromatic heterocycles. The highest BCUT2D eigenvalue weighted by molar-refractivity contribution is 5.87. The lowest BCUT2D eigenvalue weighted by atomic mass is 9.60. The number of fused-ring (bicyclic) bond motifs is 1. The Hall–Kier alpha value is -2.15. The number of piperidine rings is 1. The summed E-state index contributed by atoms with van der Waals surface area (Å²) in [6, 6.07) is 4.31. The van der Waals surface area contributed by atoms with Gasteiger partial charge >= 0.3 is 6.03 Å². The summed E-state index contributed by atoms with van der Waals surface area (Å²) in [4.78, 5) is 39.5. The predicted octanol–water partition coefficient (Wildman–Crippen LogP) is 2.43. The number of carbonyl (C=O) groups is 2. The smallest absolute Gasteiger partial charge is 0.319 e. The Bertz CT molecular complexity index is 817. The maximum absolute atomic E-state index is 13.7. The Kier molecular flexibility index (Phi) is 5.40. The highest BCUT2D eigenvalue weighted by atomic mass is 16.2. The first-order chi connectivity index (χ1) is 15.1. The average molecular weight is 426 g/mol. The number of hydrogen-bond donors (Lipinski definition) is 0. The molecule has 4 fully saturated rings. The highest BCUT2D eigenvalue weighted by Gasteiger charge is 2.65. The van der Waals surface area contributed by atoms with Gasteiger partial charge < -0.3 is 14.7 Å². The van der Waals surface area contributed by atoms with E-state index in [0.717, 1.165) is 91.0 Å². The second-order valence-electron chi connectivity index (χ2n) is 9.97. The van der Waals surface area contributed by atoms with E-state index in [9.17, 15) is 9.59 Å². The van der Waals surface area contributed by atoms with E-state index in [4.69, 9.17) is 0 Å². The summed E-state index contributed by atoms with van der Waals surface area (Å²) in [5, 5.41) is 0. The van der Waals surface area contributed by atoms with E-state index < -0.39 is 0 Å². The third-order valence-electron chi connectivity index (χ3n) is 8.42. The fourth-order valence-corrected chi connectivity index (χ4v) is 6.69. The van der Waals surface area contributed by atoms with Crippen LogP contribution in [-0.2, 0) is 11.3 Å². The summed E-state index contributed by atoms with van der Waals surface area (Å²) >= 11 is 0. The third kappa shape index (κ3) is 3.41. The van der Waals surface area contributed by atoms with Gasteiger partial charge in [-0.05, 0) is 50.7 Å². The molecule has 0 unspecified atom stereocenters. The maximum atomic E-state index is 13.7. The molecule has 0 aliphatic carbocycles. The van der Waals surface area contributed by atoms with Gasteiger partial charge in [-0.1, -0.05) is 6.07 Å². The van der Waals surface area contributed by atoms with Gasteiger partial charge in [-0.25, -0.2) is 4.79 Å². The fourth-order valence-electron chi connectivity index (χ4n) is 6.69. The summed E-state index contributed by atoms with van der Waals surface area (Å²) < 4.78 is 0. The number of pyridine rings is 1. The molecule has 0 N–H and O–H groups in total. The molecule has 0 radical (unpaired) electrons. The van der Waals surface area contributed by atoms with Gasteiger partial charge in [0, 0.05) is 76.7 Å². The van der Waals surface area contributed by atoms with E-state index in [-0.39, 0.29) is 16.9 Å². The molecule has 2 spiro atoms. The zero-order valence-electron chi connectivity index (χ0n) is 18.8. The Labute approximate surface area is 185 Å². The summed E-state index contributed by atoms with van der Waals surface area (Å²) in [6.45, 7) is 9.70. The van der Waals surface area contributed by atoms with Crippen molar-refractivity contribution in [3.8, 4) is 0 Å². The van der Waals surface area contributed by atoms with Crippen LogP contribution in [0.5, 0.6) is 0 Å². The first-order valence-corrected chi connectivity index (χ1v) is 12.0. The molecule has 7 heteroatoms. The molecule has 7 nitrogen and oxygen atoms in total. The molecule has 5 heterocycles. The molecule has 0 aromatic carbocycles. The van der Waals surface area contributed by atoms with Gasteiger partial charge in [-0.2, -0.15) is 0 Å². The topological polar surface area (TPSA) is 60.0 Å². The standard InChI is InChI=1S/C24H35N5O2/c1-2-27-15-9-24(21(27)30)19-26(17-20-6-5-10-25-16-20)18-23(24)7-13-29(14-8-23)22(31)28-11-3-4-12-28/h5-6,10,16H,2-4,7-9,11-15,17-19H2,1H3/t24-/m1/s1. The van der Waals surface area contributed by atoms with Gasteiger partial charge in [0.25, 0.3) is 0 Å². The number of amides is 3. The normalized spacial score (nSPS) is 28.4. The first-order valence-electron chi connectivity index (χ1n) is 12.0. The fraction of sp³-hybridized carbons (Fsp3) is 0.708. The van der Waals surface area contributed by atoms with E-state index in [1.165, 1.54) is 5.56 Å². The average Bonchev–Trinajstić information content (AvgIpc) is 3.50. The van der Waals surface area contributed by atoms with Crippen molar-refractivity contribution in [2.45, 2.75) is 45.6 Å². The van der Waals surface area contributed by atoms with Crippen molar-refractivity contribution < 1.29 is 9.59 Å². The molecule has 4 aliphatic rings. The monoisotopic (exact) mass is 425 g/mol. The van der Waals surface area contributed by atoms with Gasteiger partial charge in [0.15, 0.2) is 0 Å². The molecule has 4 saturated heterocycles. The quantitative estimate of drug-likeness (QED) is 0.746. The van der Waals surface area contributed by atoms with Gasteiger partial charge in [0.1, 0.15) is 0 Å². The molecule has 0 saturated carbocycles. The summed E-state index contributed by atoms with van der Waals surface area (Å²) in [5.41, 5.74) is 0.876. The van der Waals surface area contributed by atoms with Crippen molar-refractivity contribution in [2.24, 2.45) is 10.8 Å².